The van der Waals surface area contributed by atoms with Crippen LogP contribution < -0.4 is 5.32 Å². The van der Waals surface area contributed by atoms with Gasteiger partial charge in [-0.2, -0.15) is 0 Å². The summed E-state index contributed by atoms with van der Waals surface area (Å²) in [6, 6.07) is 6.24. The van der Waals surface area contributed by atoms with Gasteiger partial charge in [-0.3, -0.25) is 4.79 Å². The van der Waals surface area contributed by atoms with Gasteiger partial charge in [-0.1, -0.05) is 6.07 Å². The molecule has 0 spiro atoms. The molecule has 0 fully saturated rings. The van der Waals surface area contributed by atoms with E-state index in [4.69, 9.17) is 0 Å². The molecule has 88 valence electrons. The Balaban J connectivity index is 2.14. The van der Waals surface area contributed by atoms with Gasteiger partial charge in [-0.05, 0) is 31.0 Å². The molecule has 1 unspecified atom stereocenters. The Kier molecular flexibility index (Phi) is 2.18. The largest absolute Gasteiger partial charge is 0.336 e. The van der Waals surface area contributed by atoms with Crippen molar-refractivity contribution < 1.29 is 4.79 Å². The monoisotopic (exact) mass is 229 g/mol. The number of hydrogen-bond acceptors (Lipinski definition) is 2. The van der Waals surface area contributed by atoms with Crippen molar-refractivity contribution in [3.8, 4) is 0 Å². The fraction of sp³-hybridized carbons (Fsp3) is 0.385. The van der Waals surface area contributed by atoms with Crippen LogP contribution in [0.3, 0.4) is 0 Å². The highest BCUT2D eigenvalue weighted by Gasteiger charge is 2.25. The average Bonchev–Trinajstić information content (AvgIpc) is 2.78. The normalized spacial score (nSPS) is 18.4. The Bertz CT molecular complexity index is 600. The van der Waals surface area contributed by atoms with E-state index in [9.17, 15) is 4.79 Å². The van der Waals surface area contributed by atoms with E-state index in [1.807, 2.05) is 6.07 Å². The second kappa shape index (κ2) is 3.58. The summed E-state index contributed by atoms with van der Waals surface area (Å²) in [6.45, 7) is 3.63. The number of imidazole rings is 1. The summed E-state index contributed by atoms with van der Waals surface area (Å²) in [6.07, 6.45) is 1.93. The Hall–Kier alpha value is -1.84. The third-order valence-corrected chi connectivity index (χ3v) is 3.24. The molecular formula is C13H15N3O. The summed E-state index contributed by atoms with van der Waals surface area (Å²) in [4.78, 5) is 15.8. The van der Waals surface area contributed by atoms with E-state index < -0.39 is 0 Å². The highest BCUT2D eigenvalue weighted by Crippen LogP contribution is 2.29. The van der Waals surface area contributed by atoms with Crippen molar-refractivity contribution in [3.05, 3.63) is 29.6 Å². The lowest BCUT2D eigenvalue weighted by atomic mass is 10.2. The number of fused-ring (bicyclic) bond motifs is 3. The molecule has 1 aromatic heterocycles. The zero-order valence-corrected chi connectivity index (χ0v) is 10.0. The number of aryl methyl sites for hydroxylation is 2. The van der Waals surface area contributed by atoms with Gasteiger partial charge in [0.2, 0.25) is 5.91 Å². The number of hydrogen-bond donors (Lipinski definition) is 1. The van der Waals surface area contributed by atoms with Gasteiger partial charge in [0.15, 0.2) is 0 Å². The predicted octanol–water partition coefficient (Wildman–Crippen LogP) is 1.93. The number of carbonyl (C=O) groups is 1. The van der Waals surface area contributed by atoms with Crippen LogP contribution in [-0.2, 0) is 11.2 Å². The summed E-state index contributed by atoms with van der Waals surface area (Å²) < 4.78 is 2.16. The highest BCUT2D eigenvalue weighted by atomic mass is 16.1. The lowest BCUT2D eigenvalue weighted by Crippen LogP contribution is -2.28. The van der Waals surface area contributed by atoms with Crippen LogP contribution in [0.2, 0.25) is 0 Å². The Labute approximate surface area is 99.6 Å². The summed E-state index contributed by atoms with van der Waals surface area (Å²) >= 11 is 0. The number of carbonyl (C=O) groups excluding carboxylic acids is 1. The van der Waals surface area contributed by atoms with Gasteiger partial charge in [0.1, 0.15) is 12.0 Å². The number of nitrogens with zero attached hydrogens (tertiary/aromatic N) is 2. The molecule has 4 heteroatoms. The SMILES string of the molecule is CC(=O)NC1CCc2nc3ccc(C)cc3n21. The highest BCUT2D eigenvalue weighted by molar-refractivity contribution is 5.78. The van der Waals surface area contributed by atoms with Gasteiger partial charge in [0.25, 0.3) is 0 Å². The van der Waals surface area contributed by atoms with Crippen LogP contribution in [0.5, 0.6) is 0 Å². The Morgan fingerprint density at radius 2 is 2.35 bits per heavy atom. The van der Waals surface area contributed by atoms with Gasteiger partial charge in [-0.25, -0.2) is 4.98 Å². The molecule has 1 aliphatic heterocycles. The maximum Gasteiger partial charge on any atom is 0.218 e. The minimum atomic E-state index is 0.0114. The first-order chi connectivity index (χ1) is 8.15. The second-order valence-electron chi connectivity index (χ2n) is 4.65. The number of benzene rings is 1. The number of aromatic nitrogens is 2. The molecule has 0 radical (unpaired) electrons. The van der Waals surface area contributed by atoms with E-state index >= 15 is 0 Å². The standard InChI is InChI=1S/C13H15N3O/c1-8-3-4-10-11(7-8)16-12(14-9(2)17)5-6-13(16)15-10/h3-4,7,12H,5-6H2,1-2H3,(H,14,17). The van der Waals surface area contributed by atoms with Crippen molar-refractivity contribution in [2.24, 2.45) is 0 Å². The Morgan fingerprint density at radius 1 is 1.53 bits per heavy atom. The Morgan fingerprint density at radius 3 is 3.12 bits per heavy atom. The molecule has 0 saturated carbocycles. The van der Waals surface area contributed by atoms with Crippen molar-refractivity contribution in [3.63, 3.8) is 0 Å². The number of nitrogens with one attached hydrogen (secondary N) is 1. The van der Waals surface area contributed by atoms with Crippen LogP contribution in [-0.4, -0.2) is 15.5 Å². The summed E-state index contributed by atoms with van der Waals surface area (Å²) in [7, 11) is 0. The molecular weight excluding hydrogens is 214 g/mol. The minimum absolute atomic E-state index is 0.0114. The van der Waals surface area contributed by atoms with Gasteiger partial charge in [0.05, 0.1) is 11.0 Å². The third-order valence-electron chi connectivity index (χ3n) is 3.24. The molecule has 17 heavy (non-hydrogen) atoms. The lowest BCUT2D eigenvalue weighted by molar-refractivity contribution is -0.120. The van der Waals surface area contributed by atoms with Crippen LogP contribution >= 0.6 is 0 Å². The van der Waals surface area contributed by atoms with Gasteiger partial charge in [0, 0.05) is 13.3 Å². The van der Waals surface area contributed by atoms with E-state index in [1.165, 1.54) is 5.56 Å². The van der Waals surface area contributed by atoms with E-state index in [0.717, 1.165) is 29.7 Å². The first kappa shape index (κ1) is 10.3. The second-order valence-corrected chi connectivity index (χ2v) is 4.65. The van der Waals surface area contributed by atoms with Gasteiger partial charge >= 0.3 is 0 Å². The molecule has 2 heterocycles. The first-order valence-corrected chi connectivity index (χ1v) is 5.90. The van der Waals surface area contributed by atoms with Crippen LogP contribution in [0.15, 0.2) is 18.2 Å². The molecule has 3 rings (SSSR count). The molecule has 0 bridgehead atoms. The maximum absolute atomic E-state index is 11.2. The summed E-state index contributed by atoms with van der Waals surface area (Å²) in [5.74, 6) is 1.08. The van der Waals surface area contributed by atoms with E-state index in [-0.39, 0.29) is 12.1 Å². The summed E-state index contributed by atoms with van der Waals surface area (Å²) in [5, 5.41) is 2.98. The van der Waals surface area contributed by atoms with E-state index in [1.54, 1.807) is 6.92 Å². The van der Waals surface area contributed by atoms with Crippen molar-refractivity contribution in [1.82, 2.24) is 14.9 Å². The van der Waals surface area contributed by atoms with Crippen molar-refractivity contribution in [2.75, 3.05) is 0 Å². The molecule has 2 aromatic rings. The maximum atomic E-state index is 11.2. The van der Waals surface area contributed by atoms with Gasteiger partial charge < -0.3 is 9.88 Å². The van der Waals surface area contributed by atoms with Gasteiger partial charge in [-0.15, -0.1) is 0 Å². The van der Waals surface area contributed by atoms with Crippen LogP contribution in [0.4, 0.5) is 0 Å². The fourth-order valence-electron chi connectivity index (χ4n) is 2.54. The number of amides is 1. The van der Waals surface area contributed by atoms with Crippen LogP contribution in [0.1, 0.15) is 30.9 Å². The zero-order valence-electron chi connectivity index (χ0n) is 10.0. The number of rotatable bonds is 1. The van der Waals surface area contributed by atoms with E-state index in [0.29, 0.717) is 0 Å². The quantitative estimate of drug-likeness (QED) is 0.812. The minimum Gasteiger partial charge on any atom is -0.336 e. The first-order valence-electron chi connectivity index (χ1n) is 5.90. The van der Waals surface area contributed by atoms with Crippen molar-refractivity contribution in [2.45, 2.75) is 32.9 Å². The molecule has 1 aromatic carbocycles. The molecule has 0 aliphatic carbocycles. The molecule has 1 aliphatic rings. The van der Waals surface area contributed by atoms with Crippen LogP contribution in [0.25, 0.3) is 11.0 Å². The molecule has 1 atom stereocenters. The molecule has 4 nitrogen and oxygen atoms in total. The molecule has 1 N–H and O–H groups in total. The fourth-order valence-corrected chi connectivity index (χ4v) is 2.54. The molecule has 1 amide bonds. The zero-order chi connectivity index (χ0) is 12.0. The van der Waals surface area contributed by atoms with Crippen molar-refractivity contribution >= 4 is 16.9 Å². The topological polar surface area (TPSA) is 46.9 Å². The van der Waals surface area contributed by atoms with E-state index in [2.05, 4.69) is 33.9 Å². The lowest BCUT2D eigenvalue weighted by Gasteiger charge is -2.15. The molecule has 0 saturated heterocycles. The predicted molar refractivity (Wildman–Crippen MR) is 65.6 cm³/mol. The van der Waals surface area contributed by atoms with Crippen molar-refractivity contribution in [1.29, 1.82) is 0 Å². The third kappa shape index (κ3) is 1.60. The summed E-state index contributed by atoms with van der Waals surface area (Å²) in [5.41, 5.74) is 3.35. The smallest absolute Gasteiger partial charge is 0.218 e. The van der Waals surface area contributed by atoms with Crippen LogP contribution in [0, 0.1) is 6.92 Å². The average molecular weight is 229 g/mol.